The number of carbonyl (C=O) groups is 1. The molecule has 0 bridgehead atoms. The van der Waals surface area contributed by atoms with Crippen LogP contribution in [0.25, 0.3) is 0 Å². The predicted molar refractivity (Wildman–Crippen MR) is 71.4 cm³/mol. The molecule has 1 aromatic carbocycles. The fourth-order valence-electron chi connectivity index (χ4n) is 1.13. The molecular weight excluding hydrogens is 376 g/mol. The summed E-state index contributed by atoms with van der Waals surface area (Å²) in [6.45, 7) is -0.163. The van der Waals surface area contributed by atoms with Crippen LogP contribution < -0.4 is 4.72 Å². The number of benzene rings is 1. The van der Waals surface area contributed by atoms with Crippen LogP contribution in [0.3, 0.4) is 0 Å². The standard InChI is InChI=1S/C10H11FINO4S/c1-17-10(14)8(12)6-13-18(15,16)9-5-3-2-4-7(9)11/h2-5,8,13H,6H2,1H3. The van der Waals surface area contributed by atoms with Crippen LogP contribution in [0.4, 0.5) is 4.39 Å². The monoisotopic (exact) mass is 387 g/mol. The molecular formula is C10H11FINO4S. The van der Waals surface area contributed by atoms with Crippen LogP contribution in [0.15, 0.2) is 29.2 Å². The number of hydrogen-bond acceptors (Lipinski definition) is 4. The molecule has 1 rings (SSSR count). The van der Waals surface area contributed by atoms with Gasteiger partial charge < -0.3 is 4.74 Å². The van der Waals surface area contributed by atoms with Gasteiger partial charge in [-0.25, -0.2) is 17.5 Å². The van der Waals surface area contributed by atoms with Gasteiger partial charge in [-0.3, -0.25) is 4.79 Å². The molecule has 0 radical (unpaired) electrons. The summed E-state index contributed by atoms with van der Waals surface area (Å²) in [7, 11) is -2.76. The van der Waals surface area contributed by atoms with E-state index in [0.29, 0.717) is 0 Å². The second kappa shape index (κ2) is 6.43. The number of alkyl halides is 1. The highest BCUT2D eigenvalue weighted by atomic mass is 127. The Morgan fingerprint density at radius 1 is 1.50 bits per heavy atom. The van der Waals surface area contributed by atoms with E-state index in [2.05, 4.69) is 9.46 Å². The van der Waals surface area contributed by atoms with Gasteiger partial charge in [-0.05, 0) is 12.1 Å². The number of methoxy groups -OCH3 is 1. The van der Waals surface area contributed by atoms with Gasteiger partial charge in [0.1, 0.15) is 14.6 Å². The molecule has 0 saturated heterocycles. The van der Waals surface area contributed by atoms with Crippen molar-refractivity contribution in [3.8, 4) is 0 Å². The number of nitrogens with one attached hydrogen (secondary N) is 1. The first kappa shape index (κ1) is 15.3. The lowest BCUT2D eigenvalue weighted by atomic mass is 10.4. The number of rotatable bonds is 5. The molecule has 100 valence electrons. The fraction of sp³-hybridized carbons (Fsp3) is 0.300. The zero-order chi connectivity index (χ0) is 13.8. The van der Waals surface area contributed by atoms with Gasteiger partial charge in [0.15, 0.2) is 0 Å². The third kappa shape index (κ3) is 3.89. The molecule has 0 aromatic heterocycles. The number of halogens is 2. The zero-order valence-electron chi connectivity index (χ0n) is 9.39. The Balaban J connectivity index is 2.78. The Morgan fingerprint density at radius 3 is 2.67 bits per heavy atom. The van der Waals surface area contributed by atoms with Crippen molar-refractivity contribution in [3.05, 3.63) is 30.1 Å². The molecule has 0 saturated carbocycles. The molecule has 0 heterocycles. The molecule has 1 unspecified atom stereocenters. The van der Waals surface area contributed by atoms with Gasteiger partial charge >= 0.3 is 5.97 Å². The van der Waals surface area contributed by atoms with Crippen molar-refractivity contribution < 1.29 is 22.3 Å². The molecule has 0 aliphatic rings. The Hall–Kier alpha value is -0.740. The van der Waals surface area contributed by atoms with E-state index in [4.69, 9.17) is 0 Å². The molecule has 0 fully saturated rings. The minimum atomic E-state index is -3.97. The van der Waals surface area contributed by atoms with Gasteiger partial charge in [-0.2, -0.15) is 0 Å². The van der Waals surface area contributed by atoms with Crippen molar-refractivity contribution in [2.45, 2.75) is 8.82 Å². The normalized spacial score (nSPS) is 13.1. The number of carbonyl (C=O) groups excluding carboxylic acids is 1. The molecule has 0 aliphatic heterocycles. The fourth-order valence-corrected chi connectivity index (χ4v) is 3.03. The lowest BCUT2D eigenvalue weighted by Gasteiger charge is -2.10. The average molecular weight is 387 g/mol. The number of sulfonamides is 1. The Morgan fingerprint density at radius 2 is 2.11 bits per heavy atom. The van der Waals surface area contributed by atoms with Gasteiger partial charge in [-0.1, -0.05) is 34.7 Å². The highest BCUT2D eigenvalue weighted by Crippen LogP contribution is 2.13. The Kier molecular flexibility index (Phi) is 5.47. The number of ether oxygens (including phenoxy) is 1. The van der Waals surface area contributed by atoms with E-state index in [1.807, 2.05) is 0 Å². The van der Waals surface area contributed by atoms with Crippen molar-refractivity contribution in [3.63, 3.8) is 0 Å². The molecule has 18 heavy (non-hydrogen) atoms. The van der Waals surface area contributed by atoms with Crippen LogP contribution in [-0.4, -0.2) is 32.0 Å². The van der Waals surface area contributed by atoms with E-state index in [1.54, 1.807) is 22.6 Å². The minimum Gasteiger partial charge on any atom is -0.468 e. The maximum atomic E-state index is 13.3. The third-order valence-corrected chi connectivity index (χ3v) is 4.44. The Labute approximate surface area is 118 Å². The summed E-state index contributed by atoms with van der Waals surface area (Å²) >= 11 is 1.74. The van der Waals surface area contributed by atoms with Crippen molar-refractivity contribution in [1.29, 1.82) is 0 Å². The zero-order valence-corrected chi connectivity index (χ0v) is 12.4. The molecule has 8 heteroatoms. The van der Waals surface area contributed by atoms with Crippen LogP contribution >= 0.6 is 22.6 Å². The summed E-state index contributed by atoms with van der Waals surface area (Å²) in [4.78, 5) is 10.6. The first-order valence-electron chi connectivity index (χ1n) is 4.84. The quantitative estimate of drug-likeness (QED) is 0.466. The van der Waals surface area contributed by atoms with E-state index in [1.165, 1.54) is 19.2 Å². The molecule has 1 atom stereocenters. The van der Waals surface area contributed by atoms with Gasteiger partial charge in [0.25, 0.3) is 0 Å². The van der Waals surface area contributed by atoms with E-state index >= 15 is 0 Å². The summed E-state index contributed by atoms with van der Waals surface area (Å²) in [6.07, 6.45) is 0. The van der Waals surface area contributed by atoms with E-state index in [9.17, 15) is 17.6 Å². The predicted octanol–water partition coefficient (Wildman–Crippen LogP) is 1.08. The van der Waals surface area contributed by atoms with Crippen molar-refractivity contribution in [2.75, 3.05) is 13.7 Å². The summed E-state index contributed by atoms with van der Waals surface area (Å²) in [5.74, 6) is -1.39. The van der Waals surface area contributed by atoms with Crippen molar-refractivity contribution in [2.24, 2.45) is 0 Å². The van der Waals surface area contributed by atoms with Crippen LogP contribution in [-0.2, 0) is 19.6 Å². The third-order valence-electron chi connectivity index (χ3n) is 2.04. The van der Waals surface area contributed by atoms with Crippen LogP contribution in [0.2, 0.25) is 0 Å². The van der Waals surface area contributed by atoms with Crippen molar-refractivity contribution in [1.82, 2.24) is 4.72 Å². The summed E-state index contributed by atoms with van der Waals surface area (Å²) in [5.41, 5.74) is 0. The second-order valence-electron chi connectivity index (χ2n) is 3.27. The van der Waals surface area contributed by atoms with Crippen LogP contribution in [0, 0.1) is 5.82 Å². The van der Waals surface area contributed by atoms with E-state index < -0.39 is 30.6 Å². The minimum absolute atomic E-state index is 0.163. The molecule has 5 nitrogen and oxygen atoms in total. The average Bonchev–Trinajstić information content (AvgIpc) is 2.35. The number of esters is 1. The summed E-state index contributed by atoms with van der Waals surface area (Å²) < 4.78 is 42.8. The smallest absolute Gasteiger partial charge is 0.319 e. The lowest BCUT2D eigenvalue weighted by molar-refractivity contribution is -0.139. The molecule has 0 amide bonds. The van der Waals surface area contributed by atoms with Gasteiger partial charge in [0.05, 0.1) is 7.11 Å². The molecule has 0 spiro atoms. The summed E-state index contributed by atoms with van der Waals surface area (Å²) in [5, 5.41) is 0. The number of hydrogen-bond donors (Lipinski definition) is 1. The first-order valence-corrected chi connectivity index (χ1v) is 7.57. The summed E-state index contributed by atoms with van der Waals surface area (Å²) in [6, 6.07) is 5.01. The largest absolute Gasteiger partial charge is 0.468 e. The van der Waals surface area contributed by atoms with E-state index in [0.717, 1.165) is 12.1 Å². The van der Waals surface area contributed by atoms with Crippen LogP contribution in [0.1, 0.15) is 0 Å². The first-order chi connectivity index (χ1) is 8.38. The molecule has 1 N–H and O–H groups in total. The Bertz CT molecular complexity index is 534. The molecule has 1 aromatic rings. The SMILES string of the molecule is COC(=O)C(I)CNS(=O)(=O)c1ccccc1F. The maximum Gasteiger partial charge on any atom is 0.319 e. The van der Waals surface area contributed by atoms with Gasteiger partial charge in [0, 0.05) is 6.54 Å². The van der Waals surface area contributed by atoms with Gasteiger partial charge in [-0.15, -0.1) is 0 Å². The topological polar surface area (TPSA) is 72.5 Å². The van der Waals surface area contributed by atoms with Crippen molar-refractivity contribution >= 4 is 38.6 Å². The van der Waals surface area contributed by atoms with E-state index in [-0.39, 0.29) is 6.54 Å². The second-order valence-corrected chi connectivity index (χ2v) is 6.51. The highest BCUT2D eigenvalue weighted by Gasteiger charge is 2.22. The van der Waals surface area contributed by atoms with Gasteiger partial charge in [0.2, 0.25) is 10.0 Å². The van der Waals surface area contributed by atoms with Crippen LogP contribution in [0.5, 0.6) is 0 Å². The maximum absolute atomic E-state index is 13.3. The lowest BCUT2D eigenvalue weighted by Crippen LogP contribution is -2.34. The molecule has 0 aliphatic carbocycles. The highest BCUT2D eigenvalue weighted by molar-refractivity contribution is 14.1.